The van der Waals surface area contributed by atoms with Crippen LogP contribution in [-0.4, -0.2) is 37.6 Å². The Morgan fingerprint density at radius 2 is 2.29 bits per heavy atom. The number of anilines is 1. The second kappa shape index (κ2) is 4.57. The molecule has 0 saturated carbocycles. The van der Waals surface area contributed by atoms with Gasteiger partial charge in [0, 0.05) is 6.54 Å². The third-order valence-electron chi connectivity index (χ3n) is 3.16. The van der Waals surface area contributed by atoms with E-state index in [1.165, 1.54) is 11.0 Å². The van der Waals surface area contributed by atoms with E-state index in [0.717, 1.165) is 12.1 Å². The first-order chi connectivity index (χ1) is 11.1. The Morgan fingerprint density at radius 3 is 3.00 bits per heavy atom. The maximum Gasteiger partial charge on any atom is 0.416 e. The molecule has 0 spiro atoms. The zero-order valence-electron chi connectivity index (χ0n) is 13.4. The molecule has 3 rings (SSSR count). The lowest BCUT2D eigenvalue weighted by atomic mass is 10.1. The highest BCUT2D eigenvalue weighted by Crippen LogP contribution is 2.39. The number of hydrogen-bond acceptors (Lipinski definition) is 5. The Kier molecular flexibility index (Phi) is 2.26. The summed E-state index contributed by atoms with van der Waals surface area (Å²) in [5, 5.41) is 0. The second-order valence-electron chi connectivity index (χ2n) is 4.41. The lowest BCUT2D eigenvalue weighted by Gasteiger charge is -2.26. The Balaban J connectivity index is 2.07. The molecule has 5 nitrogen and oxygen atoms in total. The fourth-order valence-corrected chi connectivity index (χ4v) is 2.26. The Hall–Kier alpha value is -2.38. The number of halogens is 3. The molecule has 2 aliphatic rings. The van der Waals surface area contributed by atoms with E-state index in [0.29, 0.717) is 18.8 Å². The molecule has 0 saturated heterocycles. The summed E-state index contributed by atoms with van der Waals surface area (Å²) in [6.07, 6.45) is -4.57. The number of fused-ring (bicyclic) bond motifs is 3. The standard InChI is InChI=1S/C13H10F3N3O2/c1-21-12(20)10-11-17-4-5-19(11)9-3-2-7(13(14,15)16)6-8(9)18-10/h2-3,6H,4-5H2,1H3/i1D3. The van der Waals surface area contributed by atoms with Crippen molar-refractivity contribution < 1.29 is 26.8 Å². The van der Waals surface area contributed by atoms with Crippen LogP contribution in [0.2, 0.25) is 0 Å². The van der Waals surface area contributed by atoms with Gasteiger partial charge in [0.05, 0.1) is 34.6 Å². The predicted octanol–water partition coefficient (Wildman–Crippen LogP) is 2.18. The number of methoxy groups -OCH3 is 1. The molecule has 0 atom stereocenters. The van der Waals surface area contributed by atoms with Crippen LogP contribution >= 0.6 is 0 Å². The van der Waals surface area contributed by atoms with E-state index in [9.17, 15) is 18.0 Å². The number of rotatable bonds is 1. The molecule has 0 radical (unpaired) electrons. The average molecular weight is 300 g/mol. The number of hydrogen-bond donors (Lipinski definition) is 0. The van der Waals surface area contributed by atoms with Crippen LogP contribution < -0.4 is 4.90 Å². The molecular weight excluding hydrogens is 287 g/mol. The van der Waals surface area contributed by atoms with E-state index in [1.54, 1.807) is 0 Å². The van der Waals surface area contributed by atoms with Gasteiger partial charge in [-0.25, -0.2) is 9.79 Å². The van der Waals surface area contributed by atoms with E-state index in [1.807, 2.05) is 0 Å². The normalized spacial score (nSPS) is 19.6. The molecular formula is C13H10F3N3O2. The van der Waals surface area contributed by atoms with Crippen molar-refractivity contribution in [1.82, 2.24) is 0 Å². The first-order valence-electron chi connectivity index (χ1n) is 7.42. The van der Waals surface area contributed by atoms with Crippen molar-refractivity contribution in [1.29, 1.82) is 0 Å². The van der Waals surface area contributed by atoms with Crippen molar-refractivity contribution in [2.75, 3.05) is 25.0 Å². The first kappa shape index (κ1) is 10.4. The zero-order valence-corrected chi connectivity index (χ0v) is 10.4. The molecule has 8 heteroatoms. The summed E-state index contributed by atoms with van der Waals surface area (Å²) in [6.45, 7) is 0.642. The van der Waals surface area contributed by atoms with Gasteiger partial charge in [-0.2, -0.15) is 13.2 Å². The van der Waals surface area contributed by atoms with Crippen LogP contribution in [0.25, 0.3) is 0 Å². The van der Waals surface area contributed by atoms with Crippen molar-refractivity contribution in [3.05, 3.63) is 23.8 Å². The van der Waals surface area contributed by atoms with Gasteiger partial charge < -0.3 is 9.64 Å². The topological polar surface area (TPSA) is 54.3 Å². The molecule has 2 aliphatic heterocycles. The number of amidine groups is 1. The summed E-state index contributed by atoms with van der Waals surface area (Å²) in [5.41, 5.74) is -1.07. The van der Waals surface area contributed by atoms with Crippen LogP contribution in [0.1, 0.15) is 9.68 Å². The number of esters is 1. The van der Waals surface area contributed by atoms with Gasteiger partial charge in [0.1, 0.15) is 0 Å². The summed E-state index contributed by atoms with van der Waals surface area (Å²) in [7, 11) is -2.99. The maximum absolute atomic E-state index is 12.9. The van der Waals surface area contributed by atoms with Crippen LogP contribution in [-0.2, 0) is 15.7 Å². The Labute approximate surface area is 122 Å². The van der Waals surface area contributed by atoms with Crippen LogP contribution in [0, 0.1) is 0 Å². The molecule has 0 aliphatic carbocycles. The molecule has 1 aromatic carbocycles. The van der Waals surface area contributed by atoms with Crippen LogP contribution in [0.15, 0.2) is 28.2 Å². The highest BCUT2D eigenvalue weighted by molar-refractivity contribution is 6.69. The van der Waals surface area contributed by atoms with E-state index in [2.05, 4.69) is 14.7 Å². The lowest BCUT2D eigenvalue weighted by molar-refractivity contribution is -0.137. The molecule has 0 aromatic heterocycles. The summed E-state index contributed by atoms with van der Waals surface area (Å²) in [4.78, 5) is 21.4. The summed E-state index contributed by atoms with van der Waals surface area (Å²) >= 11 is 0. The van der Waals surface area contributed by atoms with Gasteiger partial charge in [0.2, 0.25) is 0 Å². The maximum atomic E-state index is 12.9. The molecule has 110 valence electrons. The quantitative estimate of drug-likeness (QED) is 0.747. The Bertz CT molecular complexity index is 772. The second-order valence-corrected chi connectivity index (χ2v) is 4.41. The van der Waals surface area contributed by atoms with Crippen molar-refractivity contribution >= 4 is 28.9 Å². The van der Waals surface area contributed by atoms with Gasteiger partial charge in [0.15, 0.2) is 11.5 Å². The van der Waals surface area contributed by atoms with Crippen molar-refractivity contribution in [3.63, 3.8) is 0 Å². The fourth-order valence-electron chi connectivity index (χ4n) is 2.26. The van der Waals surface area contributed by atoms with Gasteiger partial charge in [-0.15, -0.1) is 0 Å². The third kappa shape index (κ3) is 2.16. The molecule has 0 amide bonds. The SMILES string of the molecule is [2H]C([2H])([2H])OC(=O)C1=Nc2cc(C(F)(F)F)ccc2N2CCN=C12. The monoisotopic (exact) mass is 300 g/mol. The predicted molar refractivity (Wildman–Crippen MR) is 70.2 cm³/mol. The minimum atomic E-state index is -4.57. The largest absolute Gasteiger partial charge is 0.464 e. The number of carbonyl (C=O) groups excluding carboxylic acids is 1. The number of ether oxygens (including phenoxy) is 1. The van der Waals surface area contributed by atoms with Gasteiger partial charge >= 0.3 is 12.1 Å². The minimum Gasteiger partial charge on any atom is -0.464 e. The first-order valence-corrected chi connectivity index (χ1v) is 5.92. The van der Waals surface area contributed by atoms with Crippen molar-refractivity contribution in [3.8, 4) is 0 Å². The van der Waals surface area contributed by atoms with E-state index < -0.39 is 30.5 Å². The number of nitrogens with zero attached hydrogens (tertiary/aromatic N) is 3. The summed E-state index contributed by atoms with van der Waals surface area (Å²) < 4.78 is 63.7. The molecule has 0 N–H and O–H groups in total. The van der Waals surface area contributed by atoms with Gasteiger partial charge in [-0.05, 0) is 18.2 Å². The van der Waals surface area contributed by atoms with E-state index in [4.69, 9.17) is 4.11 Å². The molecule has 0 bridgehead atoms. The Morgan fingerprint density at radius 1 is 1.48 bits per heavy atom. The van der Waals surface area contributed by atoms with E-state index >= 15 is 0 Å². The van der Waals surface area contributed by atoms with Gasteiger partial charge in [-0.1, -0.05) is 0 Å². The minimum absolute atomic E-state index is 0.0940. The van der Waals surface area contributed by atoms with Gasteiger partial charge in [-0.3, -0.25) is 4.99 Å². The highest BCUT2D eigenvalue weighted by Gasteiger charge is 2.36. The summed E-state index contributed by atoms with van der Waals surface area (Å²) in [5.74, 6) is -1.17. The molecule has 1 aromatic rings. The number of benzene rings is 1. The molecule has 2 heterocycles. The lowest BCUT2D eigenvalue weighted by Crippen LogP contribution is -2.40. The molecule has 21 heavy (non-hydrogen) atoms. The van der Waals surface area contributed by atoms with Crippen LogP contribution in [0.4, 0.5) is 24.5 Å². The summed E-state index contributed by atoms with van der Waals surface area (Å²) in [6, 6.07) is 2.96. The average Bonchev–Trinajstić information content (AvgIpc) is 2.92. The molecule has 0 unspecified atom stereocenters. The van der Waals surface area contributed by atoms with Crippen LogP contribution in [0.3, 0.4) is 0 Å². The van der Waals surface area contributed by atoms with E-state index in [-0.39, 0.29) is 11.5 Å². The highest BCUT2D eigenvalue weighted by atomic mass is 19.4. The smallest absolute Gasteiger partial charge is 0.416 e. The third-order valence-corrected chi connectivity index (χ3v) is 3.16. The number of alkyl halides is 3. The molecule has 0 fully saturated rings. The van der Waals surface area contributed by atoms with Crippen molar-refractivity contribution in [2.24, 2.45) is 9.98 Å². The number of aliphatic imine (C=N–C) groups is 2. The van der Waals surface area contributed by atoms with Crippen LogP contribution in [0.5, 0.6) is 0 Å². The van der Waals surface area contributed by atoms with Crippen molar-refractivity contribution in [2.45, 2.75) is 6.18 Å². The number of carbonyl (C=O) groups is 1. The fraction of sp³-hybridized carbons (Fsp3) is 0.308. The zero-order chi connectivity index (χ0) is 17.7. The van der Waals surface area contributed by atoms with Gasteiger partial charge in [0.25, 0.3) is 0 Å².